The molecule has 40 heavy (non-hydrogen) atoms. The smallest absolute Gasteiger partial charge is 0.405 e. The first kappa shape index (κ1) is 30.2. The van der Waals surface area contributed by atoms with Crippen molar-refractivity contribution in [1.82, 2.24) is 15.5 Å². The third-order valence-electron chi connectivity index (χ3n) is 5.34. The fourth-order valence-corrected chi connectivity index (χ4v) is 4.33. The number of alkyl halides is 3. The van der Waals surface area contributed by atoms with Gasteiger partial charge in [-0.05, 0) is 43.0 Å². The average molecular weight is 575 g/mol. The molecule has 0 atom stereocenters. The van der Waals surface area contributed by atoms with Gasteiger partial charge in [-0.2, -0.15) is 0 Å². The quantitative estimate of drug-likeness (QED) is 0.176. The summed E-state index contributed by atoms with van der Waals surface area (Å²) in [6.07, 6.45) is 0.797. The number of aryl methyl sites for hydroxylation is 1. The van der Waals surface area contributed by atoms with E-state index in [-0.39, 0.29) is 30.1 Å². The molecule has 9 nitrogen and oxygen atoms in total. The van der Waals surface area contributed by atoms with E-state index in [1.54, 1.807) is 6.08 Å². The lowest BCUT2D eigenvalue weighted by atomic mass is 10.1. The van der Waals surface area contributed by atoms with E-state index < -0.39 is 18.0 Å². The molecule has 2 amide bonds. The Morgan fingerprint density at radius 2 is 1.65 bits per heavy atom. The van der Waals surface area contributed by atoms with Crippen molar-refractivity contribution >= 4 is 28.3 Å². The third-order valence-corrected chi connectivity index (χ3v) is 6.24. The van der Waals surface area contributed by atoms with Crippen LogP contribution in [0, 0.1) is 0 Å². The normalized spacial score (nSPS) is 12.2. The van der Waals surface area contributed by atoms with Gasteiger partial charge in [0.15, 0.2) is 0 Å². The topological polar surface area (TPSA) is 145 Å². The lowest BCUT2D eigenvalue weighted by molar-refractivity contribution is -0.274. The van der Waals surface area contributed by atoms with Gasteiger partial charge in [0, 0.05) is 17.7 Å². The van der Waals surface area contributed by atoms with E-state index in [1.807, 2.05) is 30.3 Å². The first-order valence-corrected chi connectivity index (χ1v) is 13.1. The Morgan fingerprint density at radius 3 is 2.40 bits per heavy atom. The van der Waals surface area contributed by atoms with Crippen LogP contribution in [0.3, 0.4) is 0 Å². The van der Waals surface area contributed by atoms with Gasteiger partial charge in [-0.25, -0.2) is 0 Å². The van der Waals surface area contributed by atoms with Crippen LogP contribution >= 0.6 is 11.3 Å². The van der Waals surface area contributed by atoms with E-state index in [9.17, 15) is 22.8 Å². The van der Waals surface area contributed by atoms with Gasteiger partial charge in [-0.1, -0.05) is 59.9 Å². The molecular formula is C27H29F3N6O3S. The van der Waals surface area contributed by atoms with Crippen LogP contribution in [-0.2, 0) is 28.9 Å². The Bertz CT molecular complexity index is 1340. The Labute approximate surface area is 233 Å². The van der Waals surface area contributed by atoms with Crippen LogP contribution in [0.15, 0.2) is 78.3 Å². The van der Waals surface area contributed by atoms with E-state index in [2.05, 4.69) is 25.6 Å². The molecule has 0 spiro atoms. The SMILES string of the molecule is N/C(=C\C=C(/N)NC(=O)Cc1ccccc1OC(F)(F)F)CCCCc1nnc(NC(=O)Cc2ccccc2)s1. The van der Waals surface area contributed by atoms with E-state index in [1.165, 1.54) is 35.6 Å². The first-order valence-electron chi connectivity index (χ1n) is 12.3. The molecule has 2 aromatic carbocycles. The Morgan fingerprint density at radius 1 is 0.925 bits per heavy atom. The highest BCUT2D eigenvalue weighted by molar-refractivity contribution is 7.15. The summed E-state index contributed by atoms with van der Waals surface area (Å²) in [6, 6.07) is 14.8. The number of benzene rings is 2. The predicted molar refractivity (Wildman–Crippen MR) is 146 cm³/mol. The van der Waals surface area contributed by atoms with Crippen LogP contribution in [0.25, 0.3) is 0 Å². The molecule has 0 fully saturated rings. The predicted octanol–water partition coefficient (Wildman–Crippen LogP) is 4.33. The van der Waals surface area contributed by atoms with E-state index >= 15 is 0 Å². The van der Waals surface area contributed by atoms with Crippen LogP contribution in [0.4, 0.5) is 18.3 Å². The molecule has 3 rings (SSSR count). The van der Waals surface area contributed by atoms with Crippen molar-refractivity contribution in [3.63, 3.8) is 0 Å². The van der Waals surface area contributed by atoms with E-state index in [0.29, 0.717) is 23.7 Å². The van der Waals surface area contributed by atoms with E-state index in [0.717, 1.165) is 29.5 Å². The minimum absolute atomic E-state index is 0.00197. The summed E-state index contributed by atoms with van der Waals surface area (Å²) in [6.45, 7) is 0. The molecule has 3 aromatic rings. The molecule has 1 aromatic heterocycles. The Balaban J connectivity index is 1.37. The molecule has 0 unspecified atom stereocenters. The second kappa shape index (κ2) is 14.7. The number of unbranched alkanes of at least 4 members (excludes halogenated alkanes) is 1. The zero-order valence-electron chi connectivity index (χ0n) is 21.4. The third kappa shape index (κ3) is 11.2. The summed E-state index contributed by atoms with van der Waals surface area (Å²) in [5.41, 5.74) is 13.3. The number of halogens is 3. The average Bonchev–Trinajstić information content (AvgIpc) is 3.33. The number of nitrogens with two attached hydrogens (primary N) is 2. The monoisotopic (exact) mass is 574 g/mol. The lowest BCUT2D eigenvalue weighted by Gasteiger charge is -2.13. The van der Waals surface area contributed by atoms with Crippen LogP contribution in [0.5, 0.6) is 5.75 Å². The van der Waals surface area contributed by atoms with Crippen molar-refractivity contribution in [3.8, 4) is 5.75 Å². The van der Waals surface area contributed by atoms with E-state index in [4.69, 9.17) is 11.5 Å². The number of hydrogen-bond donors (Lipinski definition) is 4. The number of carbonyl (C=O) groups excluding carboxylic acids is 2. The summed E-state index contributed by atoms with van der Waals surface area (Å²) in [5.74, 6) is -1.21. The largest absolute Gasteiger partial charge is 0.573 e. The summed E-state index contributed by atoms with van der Waals surface area (Å²) in [7, 11) is 0. The summed E-state index contributed by atoms with van der Waals surface area (Å²) in [4.78, 5) is 24.4. The molecular weight excluding hydrogens is 545 g/mol. The minimum Gasteiger partial charge on any atom is -0.405 e. The number of nitrogens with one attached hydrogen (secondary N) is 2. The zero-order valence-corrected chi connectivity index (χ0v) is 22.2. The second-order valence-corrected chi connectivity index (χ2v) is 9.72. The van der Waals surface area contributed by atoms with Gasteiger partial charge in [0.1, 0.15) is 16.6 Å². The van der Waals surface area contributed by atoms with Crippen LogP contribution in [0.2, 0.25) is 0 Å². The molecule has 0 bridgehead atoms. The van der Waals surface area contributed by atoms with Crippen molar-refractivity contribution in [2.24, 2.45) is 11.5 Å². The highest BCUT2D eigenvalue weighted by atomic mass is 32.1. The number of aromatic nitrogens is 2. The molecule has 0 aliphatic rings. The summed E-state index contributed by atoms with van der Waals surface area (Å²) in [5, 5.41) is 14.6. The molecule has 0 radical (unpaired) electrons. The molecule has 0 saturated heterocycles. The van der Waals surface area contributed by atoms with Gasteiger partial charge in [-0.3, -0.25) is 9.59 Å². The first-order chi connectivity index (χ1) is 19.1. The molecule has 6 N–H and O–H groups in total. The van der Waals surface area contributed by atoms with Gasteiger partial charge < -0.3 is 26.8 Å². The zero-order chi connectivity index (χ0) is 29.0. The molecule has 1 heterocycles. The number of rotatable bonds is 13. The number of allylic oxidation sites excluding steroid dienone is 3. The maximum absolute atomic E-state index is 12.6. The number of amides is 2. The molecule has 0 aliphatic carbocycles. The van der Waals surface area contributed by atoms with Crippen molar-refractivity contribution in [2.45, 2.75) is 44.9 Å². The number of para-hydroxylation sites is 1. The second-order valence-electron chi connectivity index (χ2n) is 8.66. The standard InChI is InChI=1S/C27H29F3N6O3S/c28-27(29,30)39-21-12-6-4-10-19(21)17-24(38)33-22(32)15-14-20(31)11-5-7-13-25-35-36-26(40-25)34-23(37)16-18-8-2-1-3-9-18/h1-4,6,8-10,12,14-15H,5,7,11,13,16-17,31-32H2,(H,33,38)(H,34,36,37)/b20-14-,22-15+. The van der Waals surface area contributed by atoms with Crippen molar-refractivity contribution in [2.75, 3.05) is 5.32 Å². The lowest BCUT2D eigenvalue weighted by Crippen LogP contribution is -2.29. The van der Waals surface area contributed by atoms with Gasteiger partial charge in [-0.15, -0.1) is 23.4 Å². The van der Waals surface area contributed by atoms with Crippen molar-refractivity contribution in [1.29, 1.82) is 0 Å². The summed E-state index contributed by atoms with van der Waals surface area (Å²) < 4.78 is 41.6. The van der Waals surface area contributed by atoms with Gasteiger partial charge in [0.05, 0.1) is 12.8 Å². The van der Waals surface area contributed by atoms with Gasteiger partial charge >= 0.3 is 6.36 Å². The number of ether oxygens (including phenoxy) is 1. The van der Waals surface area contributed by atoms with Gasteiger partial charge in [0.25, 0.3) is 0 Å². The summed E-state index contributed by atoms with van der Waals surface area (Å²) >= 11 is 1.32. The number of hydrogen-bond acceptors (Lipinski definition) is 8. The molecule has 0 aliphatic heterocycles. The van der Waals surface area contributed by atoms with Crippen molar-refractivity contribution in [3.05, 3.63) is 94.4 Å². The fraction of sp³-hybridized carbons (Fsp3) is 0.259. The minimum atomic E-state index is -4.87. The Hall–Kier alpha value is -4.39. The maximum Gasteiger partial charge on any atom is 0.573 e. The van der Waals surface area contributed by atoms with Crippen LogP contribution in [0.1, 0.15) is 35.4 Å². The Kier molecular flexibility index (Phi) is 11.1. The van der Waals surface area contributed by atoms with Crippen LogP contribution in [-0.4, -0.2) is 28.4 Å². The maximum atomic E-state index is 12.6. The van der Waals surface area contributed by atoms with Crippen molar-refractivity contribution < 1.29 is 27.5 Å². The number of nitrogens with zero attached hydrogens (tertiary/aromatic N) is 2. The number of anilines is 1. The molecule has 0 saturated carbocycles. The number of carbonyl (C=O) groups is 2. The fourth-order valence-electron chi connectivity index (χ4n) is 3.53. The highest BCUT2D eigenvalue weighted by Crippen LogP contribution is 2.26. The highest BCUT2D eigenvalue weighted by Gasteiger charge is 2.32. The molecule has 13 heteroatoms. The molecule has 212 valence electrons. The van der Waals surface area contributed by atoms with Gasteiger partial charge in [0.2, 0.25) is 16.9 Å². The van der Waals surface area contributed by atoms with Crippen LogP contribution < -0.4 is 26.8 Å².